The fourth-order valence-corrected chi connectivity index (χ4v) is 4.39. The molecule has 10 heteroatoms. The van der Waals surface area contributed by atoms with E-state index < -0.39 is 16.1 Å². The topological polar surface area (TPSA) is 114 Å². The van der Waals surface area contributed by atoms with Crippen LogP contribution in [0.15, 0.2) is 53.8 Å². The van der Waals surface area contributed by atoms with Gasteiger partial charge >= 0.3 is 0 Å². The van der Waals surface area contributed by atoms with Gasteiger partial charge in [0, 0.05) is 31.2 Å². The molecule has 2 aromatic heterocycles. The third-order valence-corrected chi connectivity index (χ3v) is 6.74. The number of amides is 1. The third kappa shape index (κ3) is 4.12. The van der Waals surface area contributed by atoms with Crippen molar-refractivity contribution in [2.24, 2.45) is 0 Å². The second kappa shape index (κ2) is 8.05. The highest BCUT2D eigenvalue weighted by atomic mass is 32.2. The maximum atomic E-state index is 13.2. The molecule has 31 heavy (non-hydrogen) atoms. The Morgan fingerprint density at radius 3 is 2.68 bits per heavy atom. The van der Waals surface area contributed by atoms with Crippen LogP contribution in [-0.2, 0) is 21.4 Å². The van der Waals surface area contributed by atoms with E-state index in [1.54, 1.807) is 38.5 Å². The molecule has 1 aliphatic heterocycles. The summed E-state index contributed by atoms with van der Waals surface area (Å²) in [6.45, 7) is 3.42. The summed E-state index contributed by atoms with van der Waals surface area (Å²) in [4.78, 5) is 24.7. The predicted molar refractivity (Wildman–Crippen MR) is 114 cm³/mol. The number of aromatic nitrogens is 3. The smallest absolute Gasteiger partial charge is 0.265 e. The van der Waals surface area contributed by atoms with Gasteiger partial charge in [-0.25, -0.2) is 18.4 Å². The van der Waals surface area contributed by atoms with Crippen LogP contribution in [0.3, 0.4) is 0 Å². The highest BCUT2D eigenvalue weighted by Gasteiger charge is 2.28. The Morgan fingerprint density at radius 1 is 1.19 bits per heavy atom. The molecular formula is C21H21N5O4S. The molecule has 160 valence electrons. The second-order valence-corrected chi connectivity index (χ2v) is 9.23. The normalized spacial score (nSPS) is 15.9. The lowest BCUT2D eigenvalue weighted by molar-refractivity contribution is -0.122. The molecule has 1 aromatic carbocycles. The largest absolute Gasteiger partial charge is 0.479 e. The fourth-order valence-electron chi connectivity index (χ4n) is 3.23. The molecule has 9 nitrogen and oxygen atoms in total. The number of hydrogen-bond acceptors (Lipinski definition) is 7. The number of pyridine rings is 1. The molecule has 0 saturated carbocycles. The summed E-state index contributed by atoms with van der Waals surface area (Å²) in [7, 11) is -2.37. The van der Waals surface area contributed by atoms with E-state index in [4.69, 9.17) is 4.74 Å². The number of carbonyl (C=O) groups excluding carboxylic acids is 1. The average molecular weight is 439 g/mol. The summed E-state index contributed by atoms with van der Waals surface area (Å²) in [5.74, 6) is 0.648. The number of aryl methyl sites for hydroxylation is 1. The third-order valence-electron chi connectivity index (χ3n) is 4.94. The fraction of sp³-hybridized carbons (Fsp3) is 0.238. The van der Waals surface area contributed by atoms with Crippen LogP contribution in [0.1, 0.15) is 18.4 Å². The first-order chi connectivity index (χ1) is 14.8. The van der Waals surface area contributed by atoms with Crippen LogP contribution in [0.5, 0.6) is 5.75 Å². The maximum Gasteiger partial charge on any atom is 0.265 e. The Labute approximate surface area is 180 Å². The molecule has 3 heterocycles. The van der Waals surface area contributed by atoms with Gasteiger partial charge in [0.2, 0.25) is 10.0 Å². The van der Waals surface area contributed by atoms with E-state index in [2.05, 4.69) is 20.3 Å². The molecule has 1 amide bonds. The Hall–Kier alpha value is -3.37. The number of benzene rings is 1. The van der Waals surface area contributed by atoms with Crippen molar-refractivity contribution in [3.63, 3.8) is 0 Å². The van der Waals surface area contributed by atoms with E-state index in [9.17, 15) is 13.2 Å². The van der Waals surface area contributed by atoms with Gasteiger partial charge in [-0.15, -0.1) is 0 Å². The molecule has 0 fully saturated rings. The molecule has 1 aliphatic rings. The Balaban J connectivity index is 1.65. The van der Waals surface area contributed by atoms with Crippen LogP contribution in [0, 0.1) is 6.92 Å². The van der Waals surface area contributed by atoms with E-state index in [1.807, 2.05) is 12.1 Å². The molecular weight excluding hydrogens is 418 g/mol. The zero-order chi connectivity index (χ0) is 22.2. The van der Waals surface area contributed by atoms with Gasteiger partial charge in [0.05, 0.1) is 22.8 Å². The number of ether oxygens (including phenoxy) is 1. The minimum atomic E-state index is -3.86. The minimum absolute atomic E-state index is 0.0420. The number of fused-ring (bicyclic) bond motifs is 1. The van der Waals surface area contributed by atoms with Crippen LogP contribution in [0.4, 0.5) is 5.69 Å². The standard InChI is InChI=1S/C21H21N5O4S/c1-13-21(27)25-18-10-16(4-5-20(18)30-13)31(28,29)26(3)12-19-17(11-23-14(2)24-19)15-6-8-22-9-7-15/h4-11,13H,12H2,1-3H3,(H,25,27). The molecule has 0 spiro atoms. The van der Waals surface area contributed by atoms with Crippen LogP contribution < -0.4 is 10.1 Å². The number of carbonyl (C=O) groups is 1. The van der Waals surface area contributed by atoms with Crippen LogP contribution in [0.25, 0.3) is 11.1 Å². The Morgan fingerprint density at radius 2 is 1.94 bits per heavy atom. The summed E-state index contributed by atoms with van der Waals surface area (Å²) >= 11 is 0. The van der Waals surface area contributed by atoms with Gasteiger partial charge in [-0.2, -0.15) is 4.31 Å². The van der Waals surface area contributed by atoms with Gasteiger partial charge in [-0.3, -0.25) is 9.78 Å². The molecule has 0 bridgehead atoms. The van der Waals surface area contributed by atoms with E-state index in [0.717, 1.165) is 11.1 Å². The van der Waals surface area contributed by atoms with Gasteiger partial charge < -0.3 is 10.1 Å². The van der Waals surface area contributed by atoms with Crippen molar-refractivity contribution in [3.8, 4) is 16.9 Å². The summed E-state index contributed by atoms with van der Waals surface area (Å²) in [5.41, 5.74) is 2.48. The summed E-state index contributed by atoms with van der Waals surface area (Å²) < 4.78 is 33.2. The lowest BCUT2D eigenvalue weighted by atomic mass is 10.1. The number of hydrogen-bond donors (Lipinski definition) is 1. The maximum absolute atomic E-state index is 13.2. The van der Waals surface area contributed by atoms with E-state index in [0.29, 0.717) is 23.0 Å². The number of anilines is 1. The number of rotatable bonds is 5. The van der Waals surface area contributed by atoms with Crippen molar-refractivity contribution < 1.29 is 17.9 Å². The predicted octanol–water partition coefficient (Wildman–Crippen LogP) is 2.39. The van der Waals surface area contributed by atoms with Crippen molar-refractivity contribution >= 4 is 21.6 Å². The van der Waals surface area contributed by atoms with E-state index in [1.165, 1.54) is 23.5 Å². The van der Waals surface area contributed by atoms with Gasteiger partial charge in [-0.05, 0) is 49.7 Å². The molecule has 4 rings (SSSR count). The van der Waals surface area contributed by atoms with Gasteiger partial charge in [-0.1, -0.05) is 0 Å². The van der Waals surface area contributed by atoms with Crippen molar-refractivity contribution in [2.75, 3.05) is 12.4 Å². The molecule has 1 atom stereocenters. The number of nitrogens with one attached hydrogen (secondary N) is 1. The zero-order valence-electron chi connectivity index (χ0n) is 17.2. The van der Waals surface area contributed by atoms with E-state index in [-0.39, 0.29) is 17.3 Å². The monoisotopic (exact) mass is 439 g/mol. The van der Waals surface area contributed by atoms with Crippen LogP contribution in [-0.4, -0.2) is 46.7 Å². The molecule has 0 saturated heterocycles. The van der Waals surface area contributed by atoms with Crippen molar-refractivity contribution in [3.05, 3.63) is 60.4 Å². The Bertz CT molecular complexity index is 1250. The number of nitrogens with zero attached hydrogens (tertiary/aromatic N) is 4. The molecule has 1 unspecified atom stereocenters. The summed E-state index contributed by atoms with van der Waals surface area (Å²) in [6.07, 6.45) is 4.36. The average Bonchev–Trinajstić information content (AvgIpc) is 2.75. The van der Waals surface area contributed by atoms with Gasteiger partial charge in [0.15, 0.2) is 6.10 Å². The van der Waals surface area contributed by atoms with Gasteiger partial charge in [0.25, 0.3) is 5.91 Å². The quantitative estimate of drug-likeness (QED) is 0.649. The Kier molecular flexibility index (Phi) is 5.42. The highest BCUT2D eigenvalue weighted by Crippen LogP contribution is 2.33. The second-order valence-electron chi connectivity index (χ2n) is 7.18. The van der Waals surface area contributed by atoms with Crippen LogP contribution >= 0.6 is 0 Å². The zero-order valence-corrected chi connectivity index (χ0v) is 18.0. The lowest BCUT2D eigenvalue weighted by Gasteiger charge is -2.24. The highest BCUT2D eigenvalue weighted by molar-refractivity contribution is 7.89. The molecule has 0 radical (unpaired) electrons. The lowest BCUT2D eigenvalue weighted by Crippen LogP contribution is -2.34. The van der Waals surface area contributed by atoms with Crippen molar-refractivity contribution in [2.45, 2.75) is 31.4 Å². The summed E-state index contributed by atoms with van der Waals surface area (Å²) in [6, 6.07) is 8.05. The summed E-state index contributed by atoms with van der Waals surface area (Å²) in [5, 5.41) is 2.68. The van der Waals surface area contributed by atoms with Crippen LogP contribution in [0.2, 0.25) is 0 Å². The minimum Gasteiger partial charge on any atom is -0.479 e. The van der Waals surface area contributed by atoms with Crippen molar-refractivity contribution in [1.29, 1.82) is 0 Å². The van der Waals surface area contributed by atoms with E-state index >= 15 is 0 Å². The molecule has 3 aromatic rings. The first-order valence-electron chi connectivity index (χ1n) is 9.56. The van der Waals surface area contributed by atoms with Crippen molar-refractivity contribution in [1.82, 2.24) is 19.3 Å². The number of sulfonamides is 1. The SMILES string of the molecule is Cc1ncc(-c2ccncc2)c(CN(C)S(=O)(=O)c2ccc3c(c2)NC(=O)C(C)O3)n1. The molecule has 1 N–H and O–H groups in total. The first kappa shape index (κ1) is 20.9. The molecule has 0 aliphatic carbocycles. The van der Waals surface area contributed by atoms with Gasteiger partial charge in [0.1, 0.15) is 11.6 Å². The first-order valence-corrected chi connectivity index (χ1v) is 11.0.